The number of phenols is 4. The second-order valence-corrected chi connectivity index (χ2v) is 38.1. The highest BCUT2D eigenvalue weighted by Crippen LogP contribution is 2.54. The fourth-order valence-corrected chi connectivity index (χ4v) is 22.9. The van der Waals surface area contributed by atoms with Crippen molar-refractivity contribution in [3.63, 3.8) is 0 Å². The summed E-state index contributed by atoms with van der Waals surface area (Å²) in [6, 6.07) is 69.4. The molecule has 0 amide bonds. The highest BCUT2D eigenvalue weighted by atomic mass is 35.5. The molecule has 4 fully saturated rings. The summed E-state index contributed by atoms with van der Waals surface area (Å²) in [5, 5.41) is 80.8. The average molecular weight is 1810 g/mol. The number of thiophene rings is 4. The Labute approximate surface area is 759 Å². The first-order valence-electron chi connectivity index (χ1n) is 41.6. The van der Waals surface area contributed by atoms with Crippen molar-refractivity contribution in [2.75, 3.05) is 0 Å². The Hall–Kier alpha value is -13.6. The van der Waals surface area contributed by atoms with E-state index >= 15 is 0 Å². The SMILES string of the molecule is Cc1cc(Cl)cc(C)c1C(=O)c1sc2cc(O)ccc2c1-c1ccc(C2CC2C(=O)O)cc1.Cc1cc(F)cc(C)c1C(=O)c1sc2cc(O)ccc2c1-c1ccc(C2CC2C(=O)O)cc1.Cc1ccc(F)cc1C(=O)c1sc2cc(O)ccc2c1-c1ccc(C2CC2C(=O)O)cc1.Cc1ccccc1C(=O)c1sc2cc(O)ccc2c1-c1ccc(C2CC2C(=O)O)cc1. The Bertz CT molecular complexity index is 7060. The van der Waals surface area contributed by atoms with Crippen molar-refractivity contribution < 1.29 is 88.0 Å². The van der Waals surface area contributed by atoms with E-state index in [1.807, 2.05) is 154 Å². The molecule has 0 bridgehead atoms. The molecular weight excluding hydrogens is 1730 g/mol. The van der Waals surface area contributed by atoms with Gasteiger partial charge in [-0.3, -0.25) is 38.4 Å². The third kappa shape index (κ3) is 17.6. The summed E-state index contributed by atoms with van der Waals surface area (Å²) in [5.74, 6) is -5.03. The smallest absolute Gasteiger partial charge is 0.307 e. The first kappa shape index (κ1) is 87.5. The largest absolute Gasteiger partial charge is 0.508 e. The highest BCUT2D eigenvalue weighted by molar-refractivity contribution is 7.23. The summed E-state index contributed by atoms with van der Waals surface area (Å²) in [6.45, 7) is 10.9. The molecular formula is C106H81ClF2O16S4. The monoisotopic (exact) mass is 1810 g/mol. The van der Waals surface area contributed by atoms with Crippen molar-refractivity contribution in [1.29, 1.82) is 0 Å². The van der Waals surface area contributed by atoms with Crippen molar-refractivity contribution >= 4 is 144 Å². The summed E-state index contributed by atoms with van der Waals surface area (Å²) < 4.78 is 31.0. The number of carboxylic acid groups (broad SMARTS) is 4. The Morgan fingerprint density at radius 1 is 0.295 bits per heavy atom. The van der Waals surface area contributed by atoms with Crippen LogP contribution in [0.2, 0.25) is 5.02 Å². The summed E-state index contributed by atoms with van der Waals surface area (Å²) in [6.07, 6.45) is 2.61. The minimum absolute atomic E-state index is 0.0220. The van der Waals surface area contributed by atoms with E-state index in [4.69, 9.17) is 11.6 Å². The zero-order valence-corrected chi connectivity index (χ0v) is 74.1. The number of aryl methyl sites for hydroxylation is 6. The predicted molar refractivity (Wildman–Crippen MR) is 502 cm³/mol. The van der Waals surface area contributed by atoms with E-state index in [1.54, 1.807) is 99.6 Å². The van der Waals surface area contributed by atoms with Crippen molar-refractivity contribution in [3.8, 4) is 67.5 Å². The third-order valence-corrected chi connectivity index (χ3v) is 29.6. The van der Waals surface area contributed by atoms with Crippen LogP contribution in [-0.2, 0) is 19.2 Å². The Balaban J connectivity index is 0.000000121. The van der Waals surface area contributed by atoms with Gasteiger partial charge in [-0.2, -0.15) is 0 Å². The van der Waals surface area contributed by atoms with Crippen molar-refractivity contribution in [3.05, 3.63) is 351 Å². The molecule has 4 aromatic heterocycles. The molecule has 12 aromatic carbocycles. The van der Waals surface area contributed by atoms with Gasteiger partial charge in [-0.25, -0.2) is 8.78 Å². The lowest BCUT2D eigenvalue weighted by Gasteiger charge is -2.11. The van der Waals surface area contributed by atoms with Gasteiger partial charge in [-0.1, -0.05) is 139 Å². The van der Waals surface area contributed by atoms with Crippen molar-refractivity contribution in [2.24, 2.45) is 23.7 Å². The number of aliphatic carboxylic acids is 4. The second kappa shape index (κ2) is 35.2. The fraction of sp³-hybridized carbons (Fsp3) is 0.170. The molecule has 129 heavy (non-hydrogen) atoms. The van der Waals surface area contributed by atoms with Gasteiger partial charge in [0.05, 0.1) is 43.2 Å². The van der Waals surface area contributed by atoms with E-state index in [0.717, 1.165) is 124 Å². The van der Waals surface area contributed by atoms with E-state index in [0.29, 0.717) is 89.2 Å². The number of hydrogen-bond donors (Lipinski definition) is 8. The van der Waals surface area contributed by atoms with E-state index in [1.165, 1.54) is 69.6 Å². The van der Waals surface area contributed by atoms with Gasteiger partial charge in [-0.15, -0.1) is 45.3 Å². The van der Waals surface area contributed by atoms with E-state index in [2.05, 4.69) is 0 Å². The minimum atomic E-state index is -0.777. The van der Waals surface area contributed by atoms with Gasteiger partial charge in [0, 0.05) is 89.9 Å². The molecule has 0 saturated heterocycles. The molecule has 4 saturated carbocycles. The zero-order chi connectivity index (χ0) is 91.1. The predicted octanol–water partition coefficient (Wildman–Crippen LogP) is 25.6. The van der Waals surface area contributed by atoms with E-state index in [9.17, 15) is 88.0 Å². The maximum absolute atomic E-state index is 13.9. The Kier molecular flexibility index (Phi) is 23.9. The summed E-state index contributed by atoms with van der Waals surface area (Å²) in [7, 11) is 0. The topological polar surface area (TPSA) is 298 Å². The number of carbonyl (C=O) groups is 8. The number of hydrogen-bond acceptors (Lipinski definition) is 16. The van der Waals surface area contributed by atoms with Crippen LogP contribution in [0.3, 0.4) is 0 Å². The van der Waals surface area contributed by atoms with Crippen LogP contribution in [0.1, 0.15) is 166 Å². The number of phenolic OH excluding ortho intramolecular Hbond substituents is 4. The lowest BCUT2D eigenvalue weighted by atomic mass is 9.93. The molecule has 16 aromatic rings. The molecule has 4 aliphatic carbocycles. The number of rotatable bonds is 20. The molecule has 8 unspecified atom stereocenters. The van der Waals surface area contributed by atoms with Crippen LogP contribution in [0.15, 0.2) is 237 Å². The third-order valence-electron chi connectivity index (χ3n) is 24.7. The Morgan fingerprint density at radius 2 is 0.566 bits per heavy atom. The van der Waals surface area contributed by atoms with Gasteiger partial charge in [-0.05, 0) is 278 Å². The lowest BCUT2D eigenvalue weighted by Crippen LogP contribution is -2.06. The van der Waals surface area contributed by atoms with Crippen LogP contribution in [0.4, 0.5) is 8.78 Å². The van der Waals surface area contributed by atoms with Gasteiger partial charge in [0.15, 0.2) is 0 Å². The van der Waals surface area contributed by atoms with Gasteiger partial charge in [0.25, 0.3) is 0 Å². The summed E-state index contributed by atoms with van der Waals surface area (Å²) in [5.41, 5.74) is 17.1. The molecule has 0 aliphatic heterocycles. The van der Waals surface area contributed by atoms with E-state index < -0.39 is 29.7 Å². The number of halogens is 3. The summed E-state index contributed by atoms with van der Waals surface area (Å²) in [4.78, 5) is 102. The van der Waals surface area contributed by atoms with Crippen LogP contribution in [0, 0.1) is 76.8 Å². The molecule has 8 atom stereocenters. The van der Waals surface area contributed by atoms with Gasteiger partial charge < -0.3 is 40.9 Å². The van der Waals surface area contributed by atoms with Gasteiger partial charge in [0.2, 0.25) is 23.1 Å². The van der Waals surface area contributed by atoms with Crippen LogP contribution in [0.5, 0.6) is 23.0 Å². The maximum atomic E-state index is 13.9. The first-order chi connectivity index (χ1) is 61.7. The van der Waals surface area contributed by atoms with Crippen LogP contribution in [-0.4, -0.2) is 87.9 Å². The molecule has 8 N–H and O–H groups in total. The van der Waals surface area contributed by atoms with Gasteiger partial charge in [0.1, 0.15) is 34.6 Å². The number of aromatic hydroxyl groups is 4. The molecule has 646 valence electrons. The quantitative estimate of drug-likeness (QED) is 0.0329. The zero-order valence-electron chi connectivity index (χ0n) is 70.1. The molecule has 23 heteroatoms. The van der Waals surface area contributed by atoms with Crippen molar-refractivity contribution in [2.45, 2.75) is 90.9 Å². The summed E-state index contributed by atoms with van der Waals surface area (Å²) >= 11 is 11.5. The second-order valence-electron chi connectivity index (χ2n) is 33.5. The molecule has 0 radical (unpaired) electrons. The minimum Gasteiger partial charge on any atom is -0.508 e. The fourth-order valence-electron chi connectivity index (χ4n) is 17.7. The maximum Gasteiger partial charge on any atom is 0.307 e. The molecule has 20 rings (SSSR count). The normalized spacial score (nSPS) is 17.4. The molecule has 4 heterocycles. The highest BCUT2D eigenvalue weighted by Gasteiger charge is 2.47. The number of fused-ring (bicyclic) bond motifs is 4. The van der Waals surface area contributed by atoms with Crippen LogP contribution < -0.4 is 0 Å². The molecule has 16 nitrogen and oxygen atoms in total. The number of benzene rings is 12. The number of carbonyl (C=O) groups excluding carboxylic acids is 4. The molecule has 0 spiro atoms. The van der Waals surface area contributed by atoms with Crippen molar-refractivity contribution in [1.82, 2.24) is 0 Å². The molecule has 4 aliphatic rings. The lowest BCUT2D eigenvalue weighted by molar-refractivity contribution is -0.139. The van der Waals surface area contributed by atoms with E-state index in [-0.39, 0.29) is 99.3 Å². The van der Waals surface area contributed by atoms with Crippen LogP contribution >= 0.6 is 56.9 Å². The number of carboxylic acids is 4. The van der Waals surface area contributed by atoms with Gasteiger partial charge >= 0.3 is 23.9 Å². The first-order valence-corrected chi connectivity index (χ1v) is 45.3. The Morgan fingerprint density at radius 3 is 0.853 bits per heavy atom. The van der Waals surface area contributed by atoms with Crippen LogP contribution in [0.25, 0.3) is 84.9 Å². The number of ketones is 4. The standard InChI is InChI=1S/C27H21ClO4S.C27H21FO4S.C26H19FO4S.C26H20O4S/c2*1-13-9-17(28)10-14(2)23(13)25(30)26-24(19-8-7-18(29)11-22(19)33-26)16-5-3-15(4-6-16)20-12-21(20)27(31)32;1-13-2-7-16(27)10-19(13)24(29)25-23(18-9-8-17(28)11-22(18)32-25)15-5-3-14(4-6-15)20-12-21(20)26(30)31;1-14-4-2-3-5-18(14)24(28)25-23(19-11-10-17(27)12-22(19)31-25)16-8-6-15(7-9-16)20-13-21(20)26(29)30/h2*3-11,20-21,29H,12H2,1-2H3,(H,31,32);2-11,20-21,28H,12H2,1H3,(H,30,31);2-12,20-21,27H,13H2,1H3,(H,29,30). The average Bonchev–Trinajstić information content (AvgIpc) is 1.62.